The molecule has 1 heterocycles. The molecular formula is C19H20N2O4. The minimum Gasteiger partial charge on any atom is -0.497 e. The SMILES string of the molecule is COc1ccc(OCC(=O)N2C[C@@H](C)C(=O)Nc3ccccc32)cc1. The van der Waals surface area contributed by atoms with Crippen molar-refractivity contribution in [2.45, 2.75) is 6.92 Å². The van der Waals surface area contributed by atoms with Crippen LogP contribution in [0.1, 0.15) is 6.92 Å². The maximum atomic E-state index is 12.7. The summed E-state index contributed by atoms with van der Waals surface area (Å²) in [6, 6.07) is 14.3. The number of hydrogen-bond donors (Lipinski definition) is 1. The fourth-order valence-corrected chi connectivity index (χ4v) is 2.66. The molecule has 0 saturated heterocycles. The van der Waals surface area contributed by atoms with E-state index in [1.807, 2.05) is 18.2 Å². The van der Waals surface area contributed by atoms with Crippen LogP contribution in [0.5, 0.6) is 11.5 Å². The molecule has 0 aromatic heterocycles. The number of fused-ring (bicyclic) bond motifs is 1. The first-order valence-corrected chi connectivity index (χ1v) is 8.05. The van der Waals surface area contributed by atoms with Crippen molar-refractivity contribution in [1.82, 2.24) is 0 Å². The van der Waals surface area contributed by atoms with Crippen LogP contribution in [-0.2, 0) is 9.59 Å². The highest BCUT2D eigenvalue weighted by atomic mass is 16.5. The topological polar surface area (TPSA) is 67.9 Å². The molecule has 0 radical (unpaired) electrons. The lowest BCUT2D eigenvalue weighted by Crippen LogP contribution is -2.38. The molecule has 1 aliphatic rings. The van der Waals surface area contributed by atoms with Crippen molar-refractivity contribution in [2.24, 2.45) is 5.92 Å². The monoisotopic (exact) mass is 340 g/mol. The Bertz CT molecular complexity index is 773. The van der Waals surface area contributed by atoms with Crippen LogP contribution in [-0.4, -0.2) is 32.1 Å². The number of carbonyl (C=O) groups is 2. The van der Waals surface area contributed by atoms with E-state index >= 15 is 0 Å². The van der Waals surface area contributed by atoms with E-state index < -0.39 is 0 Å². The number of rotatable bonds is 4. The molecule has 3 rings (SSSR count). The van der Waals surface area contributed by atoms with Crippen molar-refractivity contribution in [3.8, 4) is 11.5 Å². The van der Waals surface area contributed by atoms with Gasteiger partial charge in [0, 0.05) is 6.54 Å². The number of hydrogen-bond acceptors (Lipinski definition) is 4. The van der Waals surface area contributed by atoms with E-state index in [4.69, 9.17) is 9.47 Å². The molecule has 0 fully saturated rings. The lowest BCUT2D eigenvalue weighted by atomic mass is 10.1. The molecule has 1 N–H and O–H groups in total. The summed E-state index contributed by atoms with van der Waals surface area (Å²) in [4.78, 5) is 26.4. The Morgan fingerprint density at radius 1 is 1.16 bits per heavy atom. The Kier molecular flexibility index (Phi) is 4.88. The van der Waals surface area contributed by atoms with E-state index in [-0.39, 0.29) is 24.3 Å². The molecule has 0 spiro atoms. The van der Waals surface area contributed by atoms with Crippen LogP contribution in [0.2, 0.25) is 0 Å². The first-order chi connectivity index (χ1) is 12.1. The minimum atomic E-state index is -0.308. The fourth-order valence-electron chi connectivity index (χ4n) is 2.66. The van der Waals surface area contributed by atoms with Gasteiger partial charge >= 0.3 is 0 Å². The van der Waals surface area contributed by atoms with Gasteiger partial charge in [0.05, 0.1) is 24.4 Å². The Balaban J connectivity index is 1.74. The summed E-state index contributed by atoms with van der Waals surface area (Å²) < 4.78 is 10.7. The number of methoxy groups -OCH3 is 1. The Labute approximate surface area is 146 Å². The van der Waals surface area contributed by atoms with Crippen molar-refractivity contribution in [1.29, 1.82) is 0 Å². The lowest BCUT2D eigenvalue weighted by molar-refractivity contribution is -0.121. The highest BCUT2D eigenvalue weighted by Crippen LogP contribution is 2.30. The van der Waals surface area contributed by atoms with Gasteiger partial charge in [-0.25, -0.2) is 0 Å². The van der Waals surface area contributed by atoms with Gasteiger partial charge in [-0.1, -0.05) is 19.1 Å². The minimum absolute atomic E-state index is 0.0983. The molecular weight excluding hydrogens is 320 g/mol. The van der Waals surface area contributed by atoms with E-state index in [0.29, 0.717) is 23.7 Å². The van der Waals surface area contributed by atoms with Crippen LogP contribution in [0.4, 0.5) is 11.4 Å². The molecule has 0 saturated carbocycles. The fraction of sp³-hybridized carbons (Fsp3) is 0.263. The number of anilines is 2. The second kappa shape index (κ2) is 7.25. The van der Waals surface area contributed by atoms with Crippen LogP contribution in [0, 0.1) is 5.92 Å². The first kappa shape index (κ1) is 16.8. The van der Waals surface area contributed by atoms with Crippen LogP contribution in [0.15, 0.2) is 48.5 Å². The van der Waals surface area contributed by atoms with Gasteiger partial charge in [-0.3, -0.25) is 9.59 Å². The lowest BCUT2D eigenvalue weighted by Gasteiger charge is -2.23. The van der Waals surface area contributed by atoms with E-state index in [2.05, 4.69) is 5.32 Å². The van der Waals surface area contributed by atoms with Crippen molar-refractivity contribution in [3.63, 3.8) is 0 Å². The van der Waals surface area contributed by atoms with E-state index in [1.165, 1.54) is 0 Å². The molecule has 1 aliphatic heterocycles. The maximum absolute atomic E-state index is 12.7. The maximum Gasteiger partial charge on any atom is 0.264 e. The summed E-state index contributed by atoms with van der Waals surface area (Å²) in [6.07, 6.45) is 0. The quantitative estimate of drug-likeness (QED) is 0.929. The van der Waals surface area contributed by atoms with Crippen molar-refractivity contribution >= 4 is 23.2 Å². The van der Waals surface area contributed by atoms with Crippen LogP contribution < -0.4 is 19.7 Å². The standard InChI is InChI=1S/C19H20N2O4/c1-13-11-21(17-6-4-3-5-16(17)20-19(13)23)18(22)12-25-15-9-7-14(24-2)8-10-15/h3-10,13H,11-12H2,1-2H3,(H,20,23)/t13-/m1/s1. The third-order valence-corrected chi connectivity index (χ3v) is 4.08. The van der Waals surface area contributed by atoms with Crippen molar-refractivity contribution in [3.05, 3.63) is 48.5 Å². The number of carbonyl (C=O) groups excluding carboxylic acids is 2. The average Bonchev–Trinajstić information content (AvgIpc) is 2.77. The predicted molar refractivity (Wildman–Crippen MR) is 95.1 cm³/mol. The first-order valence-electron chi connectivity index (χ1n) is 8.05. The van der Waals surface area contributed by atoms with Gasteiger partial charge in [-0.15, -0.1) is 0 Å². The Hall–Kier alpha value is -3.02. The van der Waals surface area contributed by atoms with Gasteiger partial charge in [0.1, 0.15) is 11.5 Å². The molecule has 0 unspecified atom stereocenters. The molecule has 1 atom stereocenters. The summed E-state index contributed by atoms with van der Waals surface area (Å²) in [7, 11) is 1.59. The molecule has 0 bridgehead atoms. The van der Waals surface area contributed by atoms with Gasteiger partial charge in [0.15, 0.2) is 6.61 Å². The average molecular weight is 340 g/mol. The highest BCUT2D eigenvalue weighted by molar-refractivity contribution is 6.04. The van der Waals surface area contributed by atoms with E-state index in [9.17, 15) is 9.59 Å². The van der Waals surface area contributed by atoms with Crippen molar-refractivity contribution < 1.29 is 19.1 Å². The molecule has 2 aromatic carbocycles. The van der Waals surface area contributed by atoms with Gasteiger partial charge in [-0.05, 0) is 36.4 Å². The zero-order valence-corrected chi connectivity index (χ0v) is 14.2. The van der Waals surface area contributed by atoms with Gasteiger partial charge in [-0.2, -0.15) is 0 Å². The molecule has 2 amide bonds. The summed E-state index contributed by atoms with van der Waals surface area (Å²) in [5.74, 6) is 0.695. The van der Waals surface area contributed by atoms with Crippen LogP contribution in [0.25, 0.3) is 0 Å². The van der Waals surface area contributed by atoms with Crippen LogP contribution in [0.3, 0.4) is 0 Å². The number of benzene rings is 2. The third kappa shape index (κ3) is 3.74. The summed E-state index contributed by atoms with van der Waals surface area (Å²) in [5, 5.41) is 2.86. The van der Waals surface area contributed by atoms with Gasteiger partial charge < -0.3 is 19.7 Å². The van der Waals surface area contributed by atoms with E-state index in [1.54, 1.807) is 49.3 Å². The Morgan fingerprint density at radius 2 is 1.84 bits per heavy atom. The zero-order chi connectivity index (χ0) is 17.8. The van der Waals surface area contributed by atoms with E-state index in [0.717, 1.165) is 5.75 Å². The molecule has 6 nitrogen and oxygen atoms in total. The number of amides is 2. The second-order valence-electron chi connectivity index (χ2n) is 5.88. The number of ether oxygens (including phenoxy) is 2. The highest BCUT2D eigenvalue weighted by Gasteiger charge is 2.28. The predicted octanol–water partition coefficient (Wildman–Crippen LogP) is 2.70. The zero-order valence-electron chi connectivity index (χ0n) is 14.2. The summed E-state index contributed by atoms with van der Waals surface area (Å²) >= 11 is 0. The number of nitrogens with one attached hydrogen (secondary N) is 1. The summed E-state index contributed by atoms with van der Waals surface area (Å²) in [5.41, 5.74) is 1.32. The Morgan fingerprint density at radius 3 is 2.56 bits per heavy atom. The molecule has 6 heteroatoms. The number of nitrogens with zero attached hydrogens (tertiary/aromatic N) is 1. The molecule has 25 heavy (non-hydrogen) atoms. The van der Waals surface area contributed by atoms with Crippen LogP contribution >= 0.6 is 0 Å². The van der Waals surface area contributed by atoms with Gasteiger partial charge in [0.2, 0.25) is 5.91 Å². The number of para-hydroxylation sites is 2. The van der Waals surface area contributed by atoms with Gasteiger partial charge in [0.25, 0.3) is 5.91 Å². The molecule has 2 aromatic rings. The normalized spacial score (nSPS) is 16.5. The smallest absolute Gasteiger partial charge is 0.264 e. The largest absolute Gasteiger partial charge is 0.497 e. The molecule has 0 aliphatic carbocycles. The second-order valence-corrected chi connectivity index (χ2v) is 5.88. The molecule has 130 valence electrons. The van der Waals surface area contributed by atoms with Crippen molar-refractivity contribution in [2.75, 3.05) is 30.5 Å². The summed E-state index contributed by atoms with van der Waals surface area (Å²) in [6.45, 7) is 2.00. The third-order valence-electron chi connectivity index (χ3n) is 4.08.